The van der Waals surface area contributed by atoms with Gasteiger partial charge < -0.3 is 15.0 Å². The predicted octanol–water partition coefficient (Wildman–Crippen LogP) is 1.23. The molecule has 1 saturated carbocycles. The number of hydrogen-bond acceptors (Lipinski definition) is 6. The average Bonchev–Trinajstić information content (AvgIpc) is 3.09. The van der Waals surface area contributed by atoms with Crippen LogP contribution < -0.4 is 5.73 Å². The summed E-state index contributed by atoms with van der Waals surface area (Å²) >= 11 is 0. The normalized spacial score (nSPS) is 24.9. The minimum absolute atomic E-state index is 0.0595. The molecule has 6 nitrogen and oxygen atoms in total. The Balaban J connectivity index is 1.63. The lowest BCUT2D eigenvalue weighted by Gasteiger charge is -2.28. The van der Waals surface area contributed by atoms with Gasteiger partial charge in [-0.1, -0.05) is 24.9 Å². The summed E-state index contributed by atoms with van der Waals surface area (Å²) in [7, 11) is 0. The van der Waals surface area contributed by atoms with Crippen molar-refractivity contribution < 1.29 is 9.26 Å². The first-order chi connectivity index (χ1) is 9.67. The molecule has 2 N–H and O–H groups in total. The lowest BCUT2D eigenvalue weighted by atomic mass is 9.89. The molecule has 1 unspecified atom stereocenters. The molecule has 2 heterocycles. The van der Waals surface area contributed by atoms with E-state index in [-0.39, 0.29) is 11.5 Å². The van der Waals surface area contributed by atoms with Gasteiger partial charge in [0.15, 0.2) is 5.82 Å². The van der Waals surface area contributed by atoms with E-state index in [1.165, 1.54) is 12.8 Å². The Labute approximate surface area is 119 Å². The van der Waals surface area contributed by atoms with Crippen LogP contribution in [0.2, 0.25) is 0 Å². The first kappa shape index (κ1) is 14.0. The SMILES string of the molecule is CC1(c2nc(C(N)CN3CCOCC3)no2)CCCC1. The third-order valence-electron chi connectivity index (χ3n) is 4.56. The molecule has 1 aliphatic heterocycles. The maximum absolute atomic E-state index is 6.21. The summed E-state index contributed by atoms with van der Waals surface area (Å²) < 4.78 is 10.8. The van der Waals surface area contributed by atoms with E-state index in [9.17, 15) is 0 Å². The van der Waals surface area contributed by atoms with Crippen LogP contribution in [0.1, 0.15) is 50.4 Å². The lowest BCUT2D eigenvalue weighted by molar-refractivity contribution is 0.0348. The summed E-state index contributed by atoms with van der Waals surface area (Å²) in [5.41, 5.74) is 6.27. The van der Waals surface area contributed by atoms with E-state index in [0.29, 0.717) is 5.82 Å². The molecular weight excluding hydrogens is 256 g/mol. The number of nitrogens with two attached hydrogens (primary N) is 1. The fourth-order valence-electron chi connectivity index (χ4n) is 3.14. The molecule has 0 bridgehead atoms. The molecule has 2 aliphatic rings. The third kappa shape index (κ3) is 2.87. The smallest absolute Gasteiger partial charge is 0.232 e. The van der Waals surface area contributed by atoms with Crippen molar-refractivity contribution in [3.05, 3.63) is 11.7 Å². The van der Waals surface area contributed by atoms with Gasteiger partial charge in [0.25, 0.3) is 0 Å². The Kier molecular flexibility index (Phi) is 4.05. The largest absolute Gasteiger partial charge is 0.379 e. The number of ether oxygens (including phenoxy) is 1. The van der Waals surface area contributed by atoms with Gasteiger partial charge in [0.05, 0.1) is 19.3 Å². The summed E-state index contributed by atoms with van der Waals surface area (Å²) in [4.78, 5) is 6.86. The summed E-state index contributed by atoms with van der Waals surface area (Å²) in [5.74, 6) is 1.40. The summed E-state index contributed by atoms with van der Waals surface area (Å²) in [6, 6.07) is -0.185. The first-order valence-corrected chi connectivity index (χ1v) is 7.57. The minimum atomic E-state index is -0.185. The Morgan fingerprint density at radius 2 is 2.00 bits per heavy atom. The van der Waals surface area contributed by atoms with Gasteiger partial charge in [-0.3, -0.25) is 4.90 Å². The molecule has 6 heteroatoms. The van der Waals surface area contributed by atoms with E-state index in [1.807, 2.05) is 0 Å². The minimum Gasteiger partial charge on any atom is -0.379 e. The van der Waals surface area contributed by atoms with Crippen LogP contribution >= 0.6 is 0 Å². The molecular formula is C14H24N4O2. The molecule has 0 amide bonds. The van der Waals surface area contributed by atoms with Gasteiger partial charge in [0.1, 0.15) is 0 Å². The van der Waals surface area contributed by atoms with E-state index in [4.69, 9.17) is 15.0 Å². The van der Waals surface area contributed by atoms with Crippen molar-refractivity contribution in [2.45, 2.75) is 44.1 Å². The second-order valence-corrected chi connectivity index (χ2v) is 6.24. The second kappa shape index (κ2) is 5.79. The zero-order chi connectivity index (χ0) is 14.0. The molecule has 1 saturated heterocycles. The van der Waals surface area contributed by atoms with Gasteiger partial charge in [-0.05, 0) is 12.8 Å². The summed E-state index contributed by atoms with van der Waals surface area (Å²) in [5, 5.41) is 4.10. The lowest BCUT2D eigenvalue weighted by Crippen LogP contribution is -2.40. The monoisotopic (exact) mass is 280 g/mol. The zero-order valence-corrected chi connectivity index (χ0v) is 12.2. The molecule has 0 radical (unpaired) electrons. The molecule has 3 rings (SSSR count). The van der Waals surface area contributed by atoms with Crippen molar-refractivity contribution in [1.82, 2.24) is 15.0 Å². The van der Waals surface area contributed by atoms with Crippen LogP contribution in [0.5, 0.6) is 0 Å². The van der Waals surface area contributed by atoms with Crippen molar-refractivity contribution in [2.75, 3.05) is 32.8 Å². The molecule has 0 aromatic carbocycles. The van der Waals surface area contributed by atoms with E-state index in [2.05, 4.69) is 22.0 Å². The maximum Gasteiger partial charge on any atom is 0.232 e. The van der Waals surface area contributed by atoms with Crippen LogP contribution in [0.4, 0.5) is 0 Å². The maximum atomic E-state index is 6.21. The summed E-state index contributed by atoms with van der Waals surface area (Å²) in [6.45, 7) is 6.39. The van der Waals surface area contributed by atoms with Gasteiger partial charge >= 0.3 is 0 Å². The number of hydrogen-bond donors (Lipinski definition) is 1. The number of aromatic nitrogens is 2. The molecule has 0 spiro atoms. The fourth-order valence-corrected chi connectivity index (χ4v) is 3.14. The van der Waals surface area contributed by atoms with Crippen molar-refractivity contribution in [3.63, 3.8) is 0 Å². The van der Waals surface area contributed by atoms with Crippen molar-refractivity contribution in [1.29, 1.82) is 0 Å². The van der Waals surface area contributed by atoms with Crippen LogP contribution in [0.15, 0.2) is 4.52 Å². The number of nitrogens with zero attached hydrogens (tertiary/aromatic N) is 3. The Bertz CT molecular complexity index is 436. The van der Waals surface area contributed by atoms with Crippen molar-refractivity contribution in [3.8, 4) is 0 Å². The predicted molar refractivity (Wildman–Crippen MR) is 74.3 cm³/mol. The van der Waals surface area contributed by atoms with Gasteiger partial charge in [0.2, 0.25) is 5.89 Å². The second-order valence-electron chi connectivity index (χ2n) is 6.24. The van der Waals surface area contributed by atoms with Crippen LogP contribution in [-0.2, 0) is 10.2 Å². The highest BCUT2D eigenvalue weighted by Gasteiger charge is 2.36. The van der Waals surface area contributed by atoms with E-state index in [0.717, 1.165) is 51.6 Å². The first-order valence-electron chi connectivity index (χ1n) is 7.57. The van der Waals surface area contributed by atoms with Gasteiger partial charge in [-0.2, -0.15) is 4.98 Å². The highest BCUT2D eigenvalue weighted by atomic mass is 16.5. The fraction of sp³-hybridized carbons (Fsp3) is 0.857. The molecule has 20 heavy (non-hydrogen) atoms. The molecule has 1 aromatic rings. The van der Waals surface area contributed by atoms with Crippen LogP contribution in [0.25, 0.3) is 0 Å². The highest BCUT2D eigenvalue weighted by molar-refractivity contribution is 5.07. The topological polar surface area (TPSA) is 77.4 Å². The van der Waals surface area contributed by atoms with Crippen LogP contribution in [-0.4, -0.2) is 47.9 Å². The van der Waals surface area contributed by atoms with Crippen LogP contribution in [0, 0.1) is 0 Å². The Morgan fingerprint density at radius 3 is 2.70 bits per heavy atom. The summed E-state index contributed by atoms with van der Waals surface area (Å²) in [6.07, 6.45) is 4.75. The highest BCUT2D eigenvalue weighted by Crippen LogP contribution is 2.39. The third-order valence-corrected chi connectivity index (χ3v) is 4.56. The van der Waals surface area contributed by atoms with E-state index in [1.54, 1.807) is 0 Å². The Morgan fingerprint density at radius 1 is 1.30 bits per heavy atom. The molecule has 112 valence electrons. The van der Waals surface area contributed by atoms with Gasteiger partial charge in [-0.15, -0.1) is 0 Å². The standard InChI is InChI=1S/C14H24N4O2/c1-14(4-2-3-5-14)13-16-12(17-20-13)11(15)10-18-6-8-19-9-7-18/h11H,2-10,15H2,1H3. The van der Waals surface area contributed by atoms with Gasteiger partial charge in [0, 0.05) is 25.0 Å². The zero-order valence-electron chi connectivity index (χ0n) is 12.2. The number of morpholine rings is 1. The molecule has 1 aliphatic carbocycles. The van der Waals surface area contributed by atoms with Crippen molar-refractivity contribution >= 4 is 0 Å². The Hall–Kier alpha value is -0.980. The van der Waals surface area contributed by atoms with Gasteiger partial charge in [-0.25, -0.2) is 0 Å². The molecule has 1 aromatic heterocycles. The quantitative estimate of drug-likeness (QED) is 0.894. The average molecular weight is 280 g/mol. The molecule has 2 fully saturated rings. The van der Waals surface area contributed by atoms with Crippen LogP contribution in [0.3, 0.4) is 0 Å². The molecule has 1 atom stereocenters. The van der Waals surface area contributed by atoms with E-state index >= 15 is 0 Å². The number of rotatable bonds is 4. The van der Waals surface area contributed by atoms with E-state index < -0.39 is 0 Å². The van der Waals surface area contributed by atoms with Crippen molar-refractivity contribution in [2.24, 2.45) is 5.73 Å².